The fraction of sp³-hybridized carbons (Fsp3) is 0.333. The molecule has 1 N–H and O–H groups in total. The van der Waals surface area contributed by atoms with Gasteiger partial charge in [-0.05, 0) is 37.1 Å². The number of aromatic nitrogens is 2. The van der Waals surface area contributed by atoms with E-state index in [0.29, 0.717) is 6.54 Å². The van der Waals surface area contributed by atoms with Gasteiger partial charge in [-0.2, -0.15) is 13.2 Å². The van der Waals surface area contributed by atoms with Crippen molar-refractivity contribution in [2.75, 3.05) is 6.54 Å². The lowest BCUT2D eigenvalue weighted by Crippen LogP contribution is -2.30. The highest BCUT2D eigenvalue weighted by Crippen LogP contribution is 2.32. The quantitative estimate of drug-likeness (QED) is 0.924. The molecule has 0 aliphatic carbocycles. The van der Waals surface area contributed by atoms with E-state index in [1.807, 2.05) is 12.1 Å². The van der Waals surface area contributed by atoms with Crippen molar-refractivity contribution in [3.05, 3.63) is 53.6 Å². The van der Waals surface area contributed by atoms with E-state index in [9.17, 15) is 18.0 Å². The van der Waals surface area contributed by atoms with Gasteiger partial charge in [0.1, 0.15) is 5.69 Å². The predicted octanol–water partition coefficient (Wildman–Crippen LogP) is 3.41. The van der Waals surface area contributed by atoms with Crippen LogP contribution in [0.15, 0.2) is 36.7 Å². The maximum Gasteiger partial charge on any atom is 0.433 e. The minimum atomic E-state index is -4.50. The summed E-state index contributed by atoms with van der Waals surface area (Å²) in [6.07, 6.45) is -0.0168. The summed E-state index contributed by atoms with van der Waals surface area (Å²) >= 11 is 0. The Hall–Kier alpha value is -2.31. The van der Waals surface area contributed by atoms with Gasteiger partial charge in [0, 0.05) is 24.6 Å². The van der Waals surface area contributed by atoms with Crippen molar-refractivity contribution in [3.8, 4) is 0 Å². The van der Waals surface area contributed by atoms with Crippen LogP contribution in [0, 0.1) is 0 Å². The third-order valence-electron chi connectivity index (χ3n) is 3.80. The Labute approximate surface area is 125 Å². The average Bonchev–Trinajstić information content (AvgIpc) is 3.16. The zero-order valence-electron chi connectivity index (χ0n) is 11.6. The first kappa shape index (κ1) is 14.6. The summed E-state index contributed by atoms with van der Waals surface area (Å²) in [5.41, 5.74) is 0.114. The van der Waals surface area contributed by atoms with E-state index in [-0.39, 0.29) is 17.5 Å². The first-order valence-corrected chi connectivity index (χ1v) is 6.94. The number of carbonyl (C=O) groups excluding carboxylic acids is 1. The molecule has 0 aromatic carbocycles. The standard InChI is InChI=1S/C15H14F3N3O/c16-15(17,18)13-6-5-10(9-20-13)14(22)21-8-2-4-12(21)11-3-1-7-19-11/h1,3,5-7,9,12,19H,2,4,8H2/t12-/m0/s1. The molecule has 1 fully saturated rings. The molecule has 116 valence electrons. The molecule has 2 aromatic rings. The second kappa shape index (κ2) is 5.47. The third-order valence-corrected chi connectivity index (χ3v) is 3.80. The molecule has 0 saturated carbocycles. The Kier molecular flexibility index (Phi) is 3.64. The number of pyridine rings is 1. The second-order valence-electron chi connectivity index (χ2n) is 5.21. The predicted molar refractivity (Wildman–Crippen MR) is 73.0 cm³/mol. The van der Waals surface area contributed by atoms with E-state index in [1.54, 1.807) is 11.1 Å². The molecule has 1 aliphatic heterocycles. The zero-order valence-corrected chi connectivity index (χ0v) is 11.6. The normalized spacial score (nSPS) is 18.7. The van der Waals surface area contributed by atoms with Crippen LogP contribution in [0.3, 0.4) is 0 Å². The van der Waals surface area contributed by atoms with E-state index in [1.165, 1.54) is 6.07 Å². The second-order valence-corrected chi connectivity index (χ2v) is 5.21. The van der Waals surface area contributed by atoms with Gasteiger partial charge in [0.05, 0.1) is 11.6 Å². The van der Waals surface area contributed by atoms with E-state index in [0.717, 1.165) is 30.8 Å². The summed E-state index contributed by atoms with van der Waals surface area (Å²) in [6, 6.07) is 5.72. The first-order chi connectivity index (χ1) is 10.5. The van der Waals surface area contributed by atoms with Crippen molar-refractivity contribution in [1.82, 2.24) is 14.9 Å². The highest BCUT2D eigenvalue weighted by Gasteiger charge is 2.34. The van der Waals surface area contributed by atoms with Crippen LogP contribution >= 0.6 is 0 Å². The lowest BCUT2D eigenvalue weighted by molar-refractivity contribution is -0.141. The minimum Gasteiger partial charge on any atom is -0.363 e. The smallest absolute Gasteiger partial charge is 0.363 e. The third kappa shape index (κ3) is 2.70. The molecule has 0 bridgehead atoms. The number of amides is 1. The van der Waals surface area contributed by atoms with Crippen LogP contribution in [0.4, 0.5) is 13.2 Å². The number of hydrogen-bond acceptors (Lipinski definition) is 2. The van der Waals surface area contributed by atoms with Crippen LogP contribution in [0.25, 0.3) is 0 Å². The summed E-state index contributed by atoms with van der Waals surface area (Å²) < 4.78 is 37.5. The van der Waals surface area contributed by atoms with Crippen molar-refractivity contribution >= 4 is 5.91 Å². The van der Waals surface area contributed by atoms with Crippen LogP contribution in [0.2, 0.25) is 0 Å². The summed E-state index contributed by atoms with van der Waals surface area (Å²) in [5, 5.41) is 0. The number of rotatable bonds is 2. The monoisotopic (exact) mass is 309 g/mol. The number of nitrogens with one attached hydrogen (secondary N) is 1. The summed E-state index contributed by atoms with van der Waals surface area (Å²) in [4.78, 5) is 20.6. The largest absolute Gasteiger partial charge is 0.433 e. The van der Waals surface area contributed by atoms with Gasteiger partial charge in [-0.15, -0.1) is 0 Å². The summed E-state index contributed by atoms with van der Waals surface area (Å²) in [6.45, 7) is 0.587. The molecule has 2 aromatic heterocycles. The number of alkyl halides is 3. The Morgan fingerprint density at radius 2 is 2.14 bits per heavy atom. The topological polar surface area (TPSA) is 49.0 Å². The van der Waals surface area contributed by atoms with Crippen molar-refractivity contribution in [1.29, 1.82) is 0 Å². The average molecular weight is 309 g/mol. The lowest BCUT2D eigenvalue weighted by Gasteiger charge is -2.24. The van der Waals surface area contributed by atoms with Gasteiger partial charge in [-0.3, -0.25) is 9.78 Å². The summed E-state index contributed by atoms with van der Waals surface area (Å²) in [7, 11) is 0. The van der Waals surface area contributed by atoms with E-state index >= 15 is 0 Å². The number of H-pyrrole nitrogens is 1. The van der Waals surface area contributed by atoms with E-state index < -0.39 is 11.9 Å². The van der Waals surface area contributed by atoms with Gasteiger partial charge < -0.3 is 9.88 Å². The molecule has 1 amide bonds. The number of carbonyl (C=O) groups is 1. The molecule has 3 rings (SSSR count). The molecule has 1 aliphatic rings. The molecule has 4 nitrogen and oxygen atoms in total. The van der Waals surface area contributed by atoms with Crippen LogP contribution in [0.5, 0.6) is 0 Å². The molecule has 3 heterocycles. The van der Waals surface area contributed by atoms with Gasteiger partial charge in [0.25, 0.3) is 5.91 Å². The first-order valence-electron chi connectivity index (χ1n) is 6.94. The van der Waals surface area contributed by atoms with Gasteiger partial charge >= 0.3 is 6.18 Å². The number of aromatic amines is 1. The van der Waals surface area contributed by atoms with Crippen LogP contribution in [0.1, 0.15) is 40.6 Å². The fourth-order valence-electron chi connectivity index (χ4n) is 2.74. The maximum absolute atomic E-state index is 12.5. The zero-order chi connectivity index (χ0) is 15.7. The SMILES string of the molecule is O=C(c1ccc(C(F)(F)F)nc1)N1CCC[C@H]1c1ccc[nH]1. The molecular weight excluding hydrogens is 295 g/mol. The van der Waals surface area contributed by atoms with Crippen LogP contribution < -0.4 is 0 Å². The molecule has 0 unspecified atom stereocenters. The lowest BCUT2D eigenvalue weighted by atomic mass is 10.1. The fourth-order valence-corrected chi connectivity index (χ4v) is 2.74. The highest BCUT2D eigenvalue weighted by atomic mass is 19.4. The molecule has 1 saturated heterocycles. The van der Waals surface area contributed by atoms with E-state index in [4.69, 9.17) is 0 Å². The van der Waals surface area contributed by atoms with E-state index in [2.05, 4.69) is 9.97 Å². The molecule has 22 heavy (non-hydrogen) atoms. The van der Waals surface area contributed by atoms with Crippen LogP contribution in [-0.2, 0) is 6.18 Å². The number of hydrogen-bond donors (Lipinski definition) is 1. The van der Waals surface area contributed by atoms with Gasteiger partial charge in [-0.25, -0.2) is 0 Å². The summed E-state index contributed by atoms with van der Waals surface area (Å²) in [5.74, 6) is -0.293. The van der Waals surface area contributed by atoms with Crippen molar-refractivity contribution < 1.29 is 18.0 Å². The molecule has 1 atom stereocenters. The van der Waals surface area contributed by atoms with Gasteiger partial charge in [0.2, 0.25) is 0 Å². The Bertz CT molecular complexity index is 650. The Morgan fingerprint density at radius 3 is 2.73 bits per heavy atom. The molecule has 0 spiro atoms. The van der Waals surface area contributed by atoms with Gasteiger partial charge in [-0.1, -0.05) is 0 Å². The Morgan fingerprint density at radius 1 is 1.32 bits per heavy atom. The number of likely N-dealkylation sites (tertiary alicyclic amines) is 1. The minimum absolute atomic E-state index is 0.0650. The van der Waals surface area contributed by atoms with Crippen LogP contribution in [-0.4, -0.2) is 27.3 Å². The maximum atomic E-state index is 12.5. The number of halogens is 3. The highest BCUT2D eigenvalue weighted by molar-refractivity contribution is 5.94. The number of nitrogens with zero attached hydrogens (tertiary/aromatic N) is 2. The molecule has 0 radical (unpaired) electrons. The van der Waals surface area contributed by atoms with Crippen molar-refractivity contribution in [3.63, 3.8) is 0 Å². The van der Waals surface area contributed by atoms with Crippen molar-refractivity contribution in [2.45, 2.75) is 25.1 Å². The van der Waals surface area contributed by atoms with Gasteiger partial charge in [0.15, 0.2) is 0 Å². The molecule has 7 heteroatoms. The van der Waals surface area contributed by atoms with Crippen molar-refractivity contribution in [2.24, 2.45) is 0 Å². The molecular formula is C15H14F3N3O. The Balaban J connectivity index is 1.81.